The van der Waals surface area contributed by atoms with Gasteiger partial charge in [-0.25, -0.2) is 9.18 Å². The minimum absolute atomic E-state index is 0.265. The molecule has 0 atom stereocenters. The molecule has 0 fully saturated rings. The van der Waals surface area contributed by atoms with Crippen molar-refractivity contribution in [1.29, 1.82) is 0 Å². The summed E-state index contributed by atoms with van der Waals surface area (Å²) >= 11 is 0. The zero-order chi connectivity index (χ0) is 12.9. The highest BCUT2D eigenvalue weighted by atomic mass is 19.1. The average Bonchev–Trinajstić information content (AvgIpc) is 2.18. The SMILES string of the molecule is CC(C)(C)OC(=O)Nc1ccccc1OCF. The quantitative estimate of drug-likeness (QED) is 0.882. The fourth-order valence-corrected chi connectivity index (χ4v) is 1.17. The van der Waals surface area contributed by atoms with Crippen LogP contribution in [0.5, 0.6) is 5.75 Å². The summed E-state index contributed by atoms with van der Waals surface area (Å²) in [7, 11) is 0. The molecule has 0 heterocycles. The second-order valence-corrected chi connectivity index (χ2v) is 4.38. The van der Waals surface area contributed by atoms with Crippen LogP contribution >= 0.6 is 0 Å². The number of benzene rings is 1. The lowest BCUT2D eigenvalue weighted by Gasteiger charge is -2.20. The molecule has 1 N–H and O–H groups in total. The summed E-state index contributed by atoms with van der Waals surface area (Å²) in [5.41, 5.74) is -0.209. The van der Waals surface area contributed by atoms with Crippen LogP contribution in [-0.2, 0) is 4.74 Å². The smallest absolute Gasteiger partial charge is 0.412 e. The van der Waals surface area contributed by atoms with E-state index in [9.17, 15) is 9.18 Å². The van der Waals surface area contributed by atoms with Crippen LogP contribution in [0.25, 0.3) is 0 Å². The van der Waals surface area contributed by atoms with Gasteiger partial charge < -0.3 is 9.47 Å². The fourth-order valence-electron chi connectivity index (χ4n) is 1.17. The number of carbonyl (C=O) groups is 1. The first-order valence-electron chi connectivity index (χ1n) is 5.20. The number of carbonyl (C=O) groups excluding carboxylic acids is 1. The highest BCUT2D eigenvalue weighted by Gasteiger charge is 2.17. The molecule has 1 amide bonds. The maximum atomic E-state index is 12.1. The van der Waals surface area contributed by atoms with Crippen LogP contribution in [0, 0.1) is 0 Å². The van der Waals surface area contributed by atoms with Gasteiger partial charge in [0.05, 0.1) is 5.69 Å². The molecular weight excluding hydrogens is 225 g/mol. The van der Waals surface area contributed by atoms with E-state index in [2.05, 4.69) is 5.32 Å². The summed E-state index contributed by atoms with van der Waals surface area (Å²) in [6, 6.07) is 6.56. The third-order valence-electron chi connectivity index (χ3n) is 1.73. The van der Waals surface area contributed by atoms with Gasteiger partial charge >= 0.3 is 6.09 Å². The number of nitrogens with one attached hydrogen (secondary N) is 1. The molecule has 0 saturated heterocycles. The molecule has 17 heavy (non-hydrogen) atoms. The van der Waals surface area contributed by atoms with Crippen LogP contribution in [0.15, 0.2) is 24.3 Å². The molecule has 0 unspecified atom stereocenters. The highest BCUT2D eigenvalue weighted by Crippen LogP contribution is 2.24. The molecule has 0 aromatic heterocycles. The Morgan fingerprint density at radius 1 is 1.35 bits per heavy atom. The van der Waals surface area contributed by atoms with Crippen LogP contribution in [-0.4, -0.2) is 18.6 Å². The first-order valence-corrected chi connectivity index (χ1v) is 5.20. The van der Waals surface area contributed by atoms with E-state index in [0.29, 0.717) is 5.69 Å². The molecule has 5 heteroatoms. The molecule has 0 aliphatic carbocycles. The lowest BCUT2D eigenvalue weighted by Crippen LogP contribution is -2.27. The van der Waals surface area contributed by atoms with Crippen molar-refractivity contribution < 1.29 is 18.7 Å². The van der Waals surface area contributed by atoms with Gasteiger partial charge in [-0.3, -0.25) is 5.32 Å². The Kier molecular flexibility index (Phi) is 4.31. The van der Waals surface area contributed by atoms with E-state index >= 15 is 0 Å². The van der Waals surface area contributed by atoms with Gasteiger partial charge in [-0.05, 0) is 32.9 Å². The van der Waals surface area contributed by atoms with Crippen LogP contribution in [0.3, 0.4) is 0 Å². The number of ether oxygens (including phenoxy) is 2. The van der Waals surface area contributed by atoms with Crippen molar-refractivity contribution in [2.75, 3.05) is 12.2 Å². The monoisotopic (exact) mass is 241 g/mol. The molecule has 1 aromatic carbocycles. The number of hydrogen-bond acceptors (Lipinski definition) is 3. The van der Waals surface area contributed by atoms with Crippen molar-refractivity contribution in [3.05, 3.63) is 24.3 Å². The summed E-state index contributed by atoms with van der Waals surface area (Å²) in [6.07, 6.45) is -0.604. The van der Waals surface area contributed by atoms with Gasteiger partial charge in [0.25, 0.3) is 0 Å². The Labute approximate surface area is 99.7 Å². The normalized spacial score (nSPS) is 10.8. The van der Waals surface area contributed by atoms with Gasteiger partial charge in [-0.2, -0.15) is 0 Å². The van der Waals surface area contributed by atoms with E-state index in [0.717, 1.165) is 0 Å². The van der Waals surface area contributed by atoms with E-state index in [-0.39, 0.29) is 5.75 Å². The van der Waals surface area contributed by atoms with Crippen molar-refractivity contribution in [2.24, 2.45) is 0 Å². The van der Waals surface area contributed by atoms with Gasteiger partial charge in [0.1, 0.15) is 11.4 Å². The molecule has 0 spiro atoms. The molecule has 1 aromatic rings. The molecule has 1 rings (SSSR count). The highest BCUT2D eigenvalue weighted by molar-refractivity contribution is 5.86. The topological polar surface area (TPSA) is 47.6 Å². The minimum Gasteiger partial charge on any atom is -0.461 e. The van der Waals surface area contributed by atoms with E-state index in [1.54, 1.807) is 45.0 Å². The van der Waals surface area contributed by atoms with Crippen LogP contribution in [0.2, 0.25) is 0 Å². The van der Waals surface area contributed by atoms with Crippen molar-refractivity contribution in [3.8, 4) is 5.75 Å². The number of rotatable bonds is 3. The zero-order valence-corrected chi connectivity index (χ0v) is 10.1. The molecule has 94 valence electrons. The predicted octanol–water partition coefficient (Wildman–Crippen LogP) is 3.34. The van der Waals surface area contributed by atoms with Crippen molar-refractivity contribution >= 4 is 11.8 Å². The number of hydrogen-bond donors (Lipinski definition) is 1. The second-order valence-electron chi connectivity index (χ2n) is 4.38. The maximum Gasteiger partial charge on any atom is 0.412 e. The molecule has 4 nitrogen and oxygen atoms in total. The Morgan fingerprint density at radius 2 is 2.00 bits per heavy atom. The van der Waals surface area contributed by atoms with Crippen molar-refractivity contribution in [1.82, 2.24) is 0 Å². The predicted molar refractivity (Wildman–Crippen MR) is 62.9 cm³/mol. The Morgan fingerprint density at radius 3 is 2.59 bits per heavy atom. The van der Waals surface area contributed by atoms with E-state index < -0.39 is 18.6 Å². The van der Waals surface area contributed by atoms with E-state index in [1.165, 1.54) is 0 Å². The Bertz CT molecular complexity index is 388. The first kappa shape index (κ1) is 13.3. The van der Waals surface area contributed by atoms with Gasteiger partial charge in [-0.1, -0.05) is 12.1 Å². The van der Waals surface area contributed by atoms with Crippen LogP contribution < -0.4 is 10.1 Å². The number of alkyl halides is 1. The fraction of sp³-hybridized carbons (Fsp3) is 0.417. The number of para-hydroxylation sites is 2. The molecule has 0 aliphatic heterocycles. The van der Waals surface area contributed by atoms with Gasteiger partial charge in [0.2, 0.25) is 6.86 Å². The second kappa shape index (κ2) is 5.52. The Balaban J connectivity index is 2.71. The Hall–Kier alpha value is -1.78. The van der Waals surface area contributed by atoms with Gasteiger partial charge in [0.15, 0.2) is 0 Å². The number of amides is 1. The lowest BCUT2D eigenvalue weighted by molar-refractivity contribution is 0.0634. The third kappa shape index (κ3) is 4.72. The minimum atomic E-state index is -0.951. The summed E-state index contributed by atoms with van der Waals surface area (Å²) in [5, 5.41) is 2.50. The molecule has 0 saturated carbocycles. The van der Waals surface area contributed by atoms with Crippen LogP contribution in [0.4, 0.5) is 14.9 Å². The van der Waals surface area contributed by atoms with Crippen molar-refractivity contribution in [2.45, 2.75) is 26.4 Å². The molecular formula is C12H16FNO3. The average molecular weight is 241 g/mol. The van der Waals surface area contributed by atoms with Crippen molar-refractivity contribution in [3.63, 3.8) is 0 Å². The van der Waals surface area contributed by atoms with E-state index in [1.807, 2.05) is 0 Å². The summed E-state index contributed by atoms with van der Waals surface area (Å²) in [5.74, 6) is 0.265. The molecule has 0 radical (unpaired) electrons. The summed E-state index contributed by atoms with van der Waals surface area (Å²) in [6.45, 7) is 4.33. The van der Waals surface area contributed by atoms with Gasteiger partial charge in [0, 0.05) is 0 Å². The maximum absolute atomic E-state index is 12.1. The summed E-state index contributed by atoms with van der Waals surface area (Å²) < 4.78 is 21.9. The van der Waals surface area contributed by atoms with Gasteiger partial charge in [-0.15, -0.1) is 0 Å². The van der Waals surface area contributed by atoms with E-state index in [4.69, 9.17) is 9.47 Å². The summed E-state index contributed by atoms with van der Waals surface area (Å²) in [4.78, 5) is 11.5. The third-order valence-corrected chi connectivity index (χ3v) is 1.73. The largest absolute Gasteiger partial charge is 0.461 e. The number of anilines is 1. The first-order chi connectivity index (χ1) is 7.92. The standard InChI is InChI=1S/C12H16FNO3/c1-12(2,3)17-11(15)14-9-6-4-5-7-10(9)16-8-13/h4-7H,8H2,1-3H3,(H,14,15). The molecule has 0 aliphatic rings. The van der Waals surface area contributed by atoms with Crippen LogP contribution in [0.1, 0.15) is 20.8 Å². The number of halogens is 1. The zero-order valence-electron chi connectivity index (χ0n) is 10.1. The molecule has 0 bridgehead atoms. The lowest BCUT2D eigenvalue weighted by atomic mass is 10.2.